The number of hydrogen-bond donors (Lipinski definition) is 1. The predicted molar refractivity (Wildman–Crippen MR) is 79.3 cm³/mol. The minimum absolute atomic E-state index is 0.139. The molecule has 3 nitrogen and oxygen atoms in total. The minimum atomic E-state index is -0.718. The number of carbonyl (C=O) groups is 1. The maximum absolute atomic E-state index is 13.3. The summed E-state index contributed by atoms with van der Waals surface area (Å²) >= 11 is 1.12. The highest BCUT2D eigenvalue weighted by molar-refractivity contribution is 7.14. The molecule has 0 saturated carbocycles. The predicted octanol–water partition coefficient (Wildman–Crippen LogP) is 4.23. The second kappa shape index (κ2) is 5.44. The molecule has 1 aromatic heterocycles. The van der Waals surface area contributed by atoms with Gasteiger partial charge in [-0.3, -0.25) is 0 Å². The van der Waals surface area contributed by atoms with Crippen LogP contribution in [0.1, 0.15) is 31.1 Å². The zero-order valence-electron chi connectivity index (χ0n) is 11.9. The van der Waals surface area contributed by atoms with Crippen molar-refractivity contribution in [2.75, 3.05) is 5.73 Å². The zero-order valence-corrected chi connectivity index (χ0v) is 12.7. The molecule has 0 aliphatic carbocycles. The van der Waals surface area contributed by atoms with Crippen LogP contribution in [0.2, 0.25) is 0 Å². The number of ether oxygens (including phenoxy) is 1. The Balaban J connectivity index is 2.49. The van der Waals surface area contributed by atoms with Crippen LogP contribution in [0, 0.1) is 11.6 Å². The van der Waals surface area contributed by atoms with Crippen molar-refractivity contribution in [2.45, 2.75) is 26.4 Å². The monoisotopic (exact) mass is 311 g/mol. The Morgan fingerprint density at radius 2 is 1.76 bits per heavy atom. The number of halogens is 2. The highest BCUT2D eigenvalue weighted by atomic mass is 32.1. The Labute approximate surface area is 125 Å². The fourth-order valence-electron chi connectivity index (χ4n) is 1.83. The Bertz CT molecular complexity index is 669. The molecule has 0 bridgehead atoms. The summed E-state index contributed by atoms with van der Waals surface area (Å²) < 4.78 is 32.0. The largest absolute Gasteiger partial charge is 0.456 e. The first-order chi connectivity index (χ1) is 9.67. The maximum atomic E-state index is 13.3. The lowest BCUT2D eigenvalue weighted by atomic mass is 10.0. The molecule has 0 fully saturated rings. The van der Waals surface area contributed by atoms with E-state index in [4.69, 9.17) is 10.5 Å². The van der Waals surface area contributed by atoms with Gasteiger partial charge < -0.3 is 10.5 Å². The van der Waals surface area contributed by atoms with Crippen LogP contribution in [0.15, 0.2) is 23.6 Å². The van der Waals surface area contributed by atoms with E-state index in [1.54, 1.807) is 26.2 Å². The molecule has 0 atom stereocenters. The average Bonchev–Trinajstić information content (AvgIpc) is 2.67. The molecule has 1 heterocycles. The van der Waals surface area contributed by atoms with Gasteiger partial charge in [-0.1, -0.05) is 0 Å². The van der Waals surface area contributed by atoms with Crippen molar-refractivity contribution in [3.05, 3.63) is 40.8 Å². The highest BCUT2D eigenvalue weighted by Crippen LogP contribution is 2.35. The second-order valence-corrected chi connectivity index (χ2v) is 6.46. The number of rotatable bonds is 2. The van der Waals surface area contributed by atoms with E-state index in [1.165, 1.54) is 0 Å². The molecule has 2 N–H and O–H groups in total. The third kappa shape index (κ3) is 3.58. The SMILES string of the molecule is CC(C)(C)OC(=O)c1c(-c2cc(F)cc(F)c2)csc1N. The van der Waals surface area contributed by atoms with Crippen molar-refractivity contribution in [1.29, 1.82) is 0 Å². The van der Waals surface area contributed by atoms with E-state index in [0.29, 0.717) is 5.56 Å². The lowest BCUT2D eigenvalue weighted by Gasteiger charge is -2.20. The van der Waals surface area contributed by atoms with Crippen LogP contribution >= 0.6 is 11.3 Å². The van der Waals surface area contributed by atoms with Gasteiger partial charge in [0.1, 0.15) is 27.8 Å². The topological polar surface area (TPSA) is 52.3 Å². The van der Waals surface area contributed by atoms with E-state index >= 15 is 0 Å². The van der Waals surface area contributed by atoms with Crippen molar-refractivity contribution in [3.63, 3.8) is 0 Å². The third-order valence-corrected chi connectivity index (χ3v) is 3.41. The zero-order chi connectivity index (χ0) is 15.8. The maximum Gasteiger partial charge on any atom is 0.342 e. The van der Waals surface area contributed by atoms with E-state index in [1.807, 2.05) is 0 Å². The number of nitrogens with two attached hydrogens (primary N) is 1. The molecule has 0 aliphatic heterocycles. The fourth-order valence-corrected chi connectivity index (χ4v) is 2.64. The van der Waals surface area contributed by atoms with Gasteiger partial charge >= 0.3 is 5.97 Å². The molecule has 0 aliphatic rings. The average molecular weight is 311 g/mol. The summed E-state index contributed by atoms with van der Waals surface area (Å²) in [5.41, 5.74) is 5.88. The molecule has 2 aromatic rings. The number of esters is 1. The molecule has 0 unspecified atom stereocenters. The molecule has 21 heavy (non-hydrogen) atoms. The Morgan fingerprint density at radius 1 is 1.19 bits per heavy atom. The van der Waals surface area contributed by atoms with Crippen LogP contribution in [0.5, 0.6) is 0 Å². The quantitative estimate of drug-likeness (QED) is 0.844. The third-order valence-electron chi connectivity index (χ3n) is 2.60. The number of thiophene rings is 1. The first-order valence-electron chi connectivity index (χ1n) is 6.24. The van der Waals surface area contributed by atoms with Gasteiger partial charge in [0.25, 0.3) is 0 Å². The van der Waals surface area contributed by atoms with Gasteiger partial charge in [0.05, 0.1) is 0 Å². The first-order valence-corrected chi connectivity index (χ1v) is 7.12. The van der Waals surface area contributed by atoms with Crippen LogP contribution < -0.4 is 5.73 Å². The Kier molecular flexibility index (Phi) is 4.00. The lowest BCUT2D eigenvalue weighted by Crippen LogP contribution is -2.24. The number of carbonyl (C=O) groups excluding carboxylic acids is 1. The summed E-state index contributed by atoms with van der Waals surface area (Å²) in [6, 6.07) is 3.07. The summed E-state index contributed by atoms with van der Waals surface area (Å²) in [6.45, 7) is 5.19. The van der Waals surface area contributed by atoms with Gasteiger partial charge in [0.15, 0.2) is 0 Å². The molecule has 1 aromatic carbocycles. The van der Waals surface area contributed by atoms with Crippen molar-refractivity contribution < 1.29 is 18.3 Å². The van der Waals surface area contributed by atoms with E-state index in [2.05, 4.69) is 0 Å². The smallest absolute Gasteiger partial charge is 0.342 e. The number of anilines is 1. The summed E-state index contributed by atoms with van der Waals surface area (Å²) in [4.78, 5) is 12.2. The van der Waals surface area contributed by atoms with Crippen LogP contribution in [0.25, 0.3) is 11.1 Å². The molecule has 6 heteroatoms. The van der Waals surface area contributed by atoms with Crippen molar-refractivity contribution in [3.8, 4) is 11.1 Å². The number of hydrogen-bond acceptors (Lipinski definition) is 4. The van der Waals surface area contributed by atoms with Gasteiger partial charge in [0.2, 0.25) is 0 Å². The Morgan fingerprint density at radius 3 is 2.29 bits per heavy atom. The van der Waals surface area contributed by atoms with Crippen molar-refractivity contribution in [2.24, 2.45) is 0 Å². The molecule has 0 spiro atoms. The summed E-state index contributed by atoms with van der Waals surface area (Å²) in [5.74, 6) is -2.05. The number of benzene rings is 1. The lowest BCUT2D eigenvalue weighted by molar-refractivity contribution is 0.00722. The van der Waals surface area contributed by atoms with Gasteiger partial charge in [0, 0.05) is 17.0 Å². The van der Waals surface area contributed by atoms with Crippen molar-refractivity contribution >= 4 is 22.3 Å². The number of nitrogen functional groups attached to an aromatic ring is 1. The van der Waals surface area contributed by atoms with E-state index in [-0.39, 0.29) is 16.1 Å². The van der Waals surface area contributed by atoms with Gasteiger partial charge in [-0.25, -0.2) is 13.6 Å². The molecular formula is C15H15F2NO2S. The molecule has 112 valence electrons. The van der Waals surface area contributed by atoms with E-state index in [0.717, 1.165) is 29.5 Å². The summed E-state index contributed by atoms with van der Waals surface area (Å²) in [7, 11) is 0. The normalized spacial score (nSPS) is 11.5. The van der Waals surface area contributed by atoms with Crippen LogP contribution in [0.4, 0.5) is 13.8 Å². The van der Waals surface area contributed by atoms with Gasteiger partial charge in [-0.2, -0.15) is 0 Å². The fraction of sp³-hybridized carbons (Fsp3) is 0.267. The molecule has 0 radical (unpaired) electrons. The molecule has 0 amide bonds. The Hall–Kier alpha value is -1.95. The highest BCUT2D eigenvalue weighted by Gasteiger charge is 2.25. The van der Waals surface area contributed by atoms with E-state index < -0.39 is 23.2 Å². The van der Waals surface area contributed by atoms with Crippen molar-refractivity contribution in [1.82, 2.24) is 0 Å². The van der Waals surface area contributed by atoms with Crippen LogP contribution in [-0.2, 0) is 4.74 Å². The molecular weight excluding hydrogens is 296 g/mol. The summed E-state index contributed by atoms with van der Waals surface area (Å²) in [5, 5.41) is 1.84. The van der Waals surface area contributed by atoms with E-state index in [9.17, 15) is 13.6 Å². The summed E-state index contributed by atoms with van der Waals surface area (Å²) in [6.07, 6.45) is 0. The van der Waals surface area contributed by atoms with Gasteiger partial charge in [-0.15, -0.1) is 11.3 Å². The van der Waals surface area contributed by atoms with Crippen LogP contribution in [-0.4, -0.2) is 11.6 Å². The van der Waals surface area contributed by atoms with Crippen LogP contribution in [0.3, 0.4) is 0 Å². The second-order valence-electron chi connectivity index (χ2n) is 5.55. The molecule has 0 saturated heterocycles. The minimum Gasteiger partial charge on any atom is -0.456 e. The first kappa shape index (κ1) is 15.4. The standard InChI is InChI=1S/C15H15F2NO2S/c1-15(2,3)20-14(19)12-11(7-21-13(12)18)8-4-9(16)6-10(17)5-8/h4-7H,18H2,1-3H3. The van der Waals surface area contributed by atoms with Gasteiger partial charge in [-0.05, 0) is 38.5 Å². The molecule has 2 rings (SSSR count).